The van der Waals surface area contributed by atoms with Crippen molar-refractivity contribution >= 4 is 17.6 Å². The average Bonchev–Trinajstić information content (AvgIpc) is 2.83. The third-order valence-corrected chi connectivity index (χ3v) is 6.15. The number of unbranched alkanes of at least 4 members (excludes halogenated alkanes) is 7. The van der Waals surface area contributed by atoms with Gasteiger partial charge in [0.05, 0.1) is 18.7 Å². The summed E-state index contributed by atoms with van der Waals surface area (Å²) in [5.74, 6) is 0.307. The molecule has 1 atom stereocenters. The molecular weight excluding hydrogens is 430 g/mol. The molecule has 3 rings (SSSR count). The third kappa shape index (κ3) is 7.51. The molecule has 0 aromatic heterocycles. The number of fused-ring (bicyclic) bond motifs is 1. The van der Waals surface area contributed by atoms with E-state index in [1.54, 1.807) is 18.2 Å². The highest BCUT2D eigenvalue weighted by molar-refractivity contribution is 6.00. The predicted molar refractivity (Wildman–Crippen MR) is 134 cm³/mol. The molecule has 0 saturated heterocycles. The summed E-state index contributed by atoms with van der Waals surface area (Å²) in [6.45, 7) is 3.18. The van der Waals surface area contributed by atoms with Crippen molar-refractivity contribution in [2.24, 2.45) is 0 Å². The van der Waals surface area contributed by atoms with E-state index in [9.17, 15) is 9.59 Å². The zero-order chi connectivity index (χ0) is 24.2. The first kappa shape index (κ1) is 25.6. The fourth-order valence-electron chi connectivity index (χ4n) is 4.32. The number of carboxylic acids is 1. The number of carbonyl (C=O) groups excluding carboxylic acids is 1. The lowest BCUT2D eigenvalue weighted by atomic mass is 10.1. The molecule has 0 aliphatic carbocycles. The number of amides is 1. The average molecular weight is 468 g/mol. The number of rotatable bonds is 15. The highest BCUT2D eigenvalue weighted by Gasteiger charge is 2.33. The lowest BCUT2D eigenvalue weighted by Crippen LogP contribution is -2.47. The Morgan fingerprint density at radius 1 is 0.971 bits per heavy atom. The summed E-state index contributed by atoms with van der Waals surface area (Å²) in [7, 11) is 0. The SMILES string of the molecule is CCCCCCCCCCN1C(=O)C(CCOc2ccccc2CC(=O)O)Oc2ccccc21. The number of carbonyl (C=O) groups is 2. The maximum atomic E-state index is 13.2. The van der Waals surface area contributed by atoms with Crippen molar-refractivity contribution in [1.82, 2.24) is 0 Å². The molecule has 1 unspecified atom stereocenters. The van der Waals surface area contributed by atoms with Crippen LogP contribution >= 0.6 is 0 Å². The number of ether oxygens (including phenoxy) is 2. The minimum Gasteiger partial charge on any atom is -0.493 e. The number of nitrogens with zero attached hydrogens (tertiary/aromatic N) is 1. The molecule has 34 heavy (non-hydrogen) atoms. The Morgan fingerprint density at radius 2 is 1.65 bits per heavy atom. The van der Waals surface area contributed by atoms with E-state index in [0.29, 0.717) is 24.3 Å². The maximum Gasteiger partial charge on any atom is 0.307 e. The van der Waals surface area contributed by atoms with Crippen molar-refractivity contribution in [3.8, 4) is 11.5 Å². The maximum absolute atomic E-state index is 13.2. The second-order valence-electron chi connectivity index (χ2n) is 8.85. The summed E-state index contributed by atoms with van der Waals surface area (Å²) < 4.78 is 11.9. The van der Waals surface area contributed by atoms with Gasteiger partial charge in [0.1, 0.15) is 11.5 Å². The van der Waals surface area contributed by atoms with E-state index in [2.05, 4.69) is 6.92 Å². The van der Waals surface area contributed by atoms with Gasteiger partial charge in [-0.3, -0.25) is 9.59 Å². The zero-order valence-corrected chi connectivity index (χ0v) is 20.2. The number of hydrogen-bond donors (Lipinski definition) is 1. The zero-order valence-electron chi connectivity index (χ0n) is 20.2. The molecule has 2 aromatic carbocycles. The summed E-state index contributed by atoms with van der Waals surface area (Å²) in [5.41, 5.74) is 1.45. The van der Waals surface area contributed by atoms with E-state index in [0.717, 1.165) is 24.3 Å². The number of aliphatic carboxylic acids is 1. The first-order valence-corrected chi connectivity index (χ1v) is 12.6. The molecule has 0 saturated carbocycles. The van der Waals surface area contributed by atoms with Crippen LogP contribution in [0, 0.1) is 0 Å². The molecule has 1 N–H and O–H groups in total. The molecule has 0 radical (unpaired) electrons. The van der Waals surface area contributed by atoms with Crippen molar-refractivity contribution in [2.45, 2.75) is 77.2 Å². The van der Waals surface area contributed by atoms with Crippen molar-refractivity contribution in [1.29, 1.82) is 0 Å². The summed E-state index contributed by atoms with van der Waals surface area (Å²) in [4.78, 5) is 26.2. The molecular formula is C28H37NO5. The molecule has 1 aliphatic heterocycles. The number of carboxylic acid groups (broad SMARTS) is 1. The Kier molecular flexibility index (Phi) is 10.3. The second-order valence-corrected chi connectivity index (χ2v) is 8.85. The van der Waals surface area contributed by atoms with Crippen LogP contribution in [0.25, 0.3) is 0 Å². The Bertz CT molecular complexity index is 929. The summed E-state index contributed by atoms with van der Waals surface area (Å²) in [6, 6.07) is 14.8. The van der Waals surface area contributed by atoms with Crippen molar-refractivity contribution in [3.05, 3.63) is 54.1 Å². The van der Waals surface area contributed by atoms with Gasteiger partial charge in [0.25, 0.3) is 5.91 Å². The van der Waals surface area contributed by atoms with Gasteiger partial charge in [-0.25, -0.2) is 0 Å². The molecule has 184 valence electrons. The number of anilines is 1. The lowest BCUT2D eigenvalue weighted by molar-refractivity contribution is -0.136. The van der Waals surface area contributed by atoms with E-state index >= 15 is 0 Å². The van der Waals surface area contributed by atoms with Crippen molar-refractivity contribution in [2.75, 3.05) is 18.1 Å². The molecule has 6 nitrogen and oxygen atoms in total. The first-order chi connectivity index (χ1) is 16.6. The van der Waals surface area contributed by atoms with Gasteiger partial charge in [-0.05, 0) is 24.6 Å². The normalized spacial score (nSPS) is 15.0. The molecule has 0 bridgehead atoms. The van der Waals surface area contributed by atoms with Gasteiger partial charge in [-0.2, -0.15) is 0 Å². The number of para-hydroxylation sites is 3. The first-order valence-electron chi connectivity index (χ1n) is 12.6. The van der Waals surface area contributed by atoms with Crippen LogP contribution in [-0.4, -0.2) is 36.2 Å². The van der Waals surface area contributed by atoms with Crippen LogP contribution in [0.15, 0.2) is 48.5 Å². The summed E-state index contributed by atoms with van der Waals surface area (Å²) >= 11 is 0. The molecule has 6 heteroatoms. The van der Waals surface area contributed by atoms with Crippen molar-refractivity contribution in [3.63, 3.8) is 0 Å². The van der Waals surface area contributed by atoms with E-state index in [1.165, 1.54) is 38.5 Å². The Labute approximate surface area is 202 Å². The smallest absolute Gasteiger partial charge is 0.307 e. The van der Waals surface area contributed by atoms with Crippen LogP contribution in [-0.2, 0) is 16.0 Å². The fourth-order valence-corrected chi connectivity index (χ4v) is 4.32. The van der Waals surface area contributed by atoms with Gasteiger partial charge < -0.3 is 19.5 Å². The van der Waals surface area contributed by atoms with Crippen LogP contribution in [0.3, 0.4) is 0 Å². The van der Waals surface area contributed by atoms with E-state index in [4.69, 9.17) is 14.6 Å². The topological polar surface area (TPSA) is 76.1 Å². The molecule has 1 aliphatic rings. The van der Waals surface area contributed by atoms with Crippen LogP contribution in [0.5, 0.6) is 11.5 Å². The third-order valence-electron chi connectivity index (χ3n) is 6.15. The van der Waals surface area contributed by atoms with E-state index < -0.39 is 12.1 Å². The van der Waals surface area contributed by atoms with Gasteiger partial charge in [0, 0.05) is 18.5 Å². The van der Waals surface area contributed by atoms with Crippen molar-refractivity contribution < 1.29 is 24.2 Å². The largest absolute Gasteiger partial charge is 0.493 e. The quantitative estimate of drug-likeness (QED) is 0.324. The fraction of sp³-hybridized carbons (Fsp3) is 0.500. The van der Waals surface area contributed by atoms with Crippen LogP contribution in [0.1, 0.15) is 70.3 Å². The van der Waals surface area contributed by atoms with Gasteiger partial charge in [0.15, 0.2) is 6.10 Å². The Morgan fingerprint density at radius 3 is 2.41 bits per heavy atom. The molecule has 1 amide bonds. The summed E-state index contributed by atoms with van der Waals surface area (Å²) in [5, 5.41) is 9.10. The minimum absolute atomic E-state index is 0.0379. The highest BCUT2D eigenvalue weighted by atomic mass is 16.5. The second kappa shape index (κ2) is 13.6. The Balaban J connectivity index is 1.53. The molecule has 0 spiro atoms. The molecule has 1 heterocycles. The lowest BCUT2D eigenvalue weighted by Gasteiger charge is -2.34. The number of hydrogen-bond acceptors (Lipinski definition) is 4. The van der Waals surface area contributed by atoms with Gasteiger partial charge >= 0.3 is 5.97 Å². The number of benzene rings is 2. The van der Waals surface area contributed by atoms with Gasteiger partial charge in [0.2, 0.25) is 0 Å². The monoisotopic (exact) mass is 467 g/mol. The highest BCUT2D eigenvalue weighted by Crippen LogP contribution is 2.35. The summed E-state index contributed by atoms with van der Waals surface area (Å²) in [6.07, 6.45) is 9.42. The molecule has 2 aromatic rings. The van der Waals surface area contributed by atoms with E-state index in [1.807, 2.05) is 35.2 Å². The van der Waals surface area contributed by atoms with E-state index in [-0.39, 0.29) is 18.9 Å². The van der Waals surface area contributed by atoms with Gasteiger partial charge in [-0.1, -0.05) is 82.2 Å². The minimum atomic E-state index is -0.907. The van der Waals surface area contributed by atoms with Crippen LogP contribution < -0.4 is 14.4 Å². The Hall–Kier alpha value is -3.02. The molecule has 0 fully saturated rings. The van der Waals surface area contributed by atoms with Crippen LogP contribution in [0.4, 0.5) is 5.69 Å². The van der Waals surface area contributed by atoms with Crippen LogP contribution in [0.2, 0.25) is 0 Å². The predicted octanol–water partition coefficient (Wildman–Crippen LogP) is 6.02. The van der Waals surface area contributed by atoms with Gasteiger partial charge in [-0.15, -0.1) is 0 Å². The standard InChI is InChI=1S/C28H37NO5/c1-2-3-4-5-6-7-8-13-19-29-23-15-10-12-17-25(23)34-26(28(29)32)18-20-33-24-16-11-9-14-22(24)21-27(30)31/h9-12,14-17,26H,2-8,13,18-21H2,1H3,(H,30,31).